The van der Waals surface area contributed by atoms with E-state index < -0.39 is 11.9 Å². The molecular weight excluding hydrogens is 288 g/mol. The van der Waals surface area contributed by atoms with Gasteiger partial charge in [-0.05, 0) is 37.6 Å². The Labute approximate surface area is 129 Å². The highest BCUT2D eigenvalue weighted by Gasteiger charge is 2.21. The third-order valence-electron chi connectivity index (χ3n) is 2.71. The van der Waals surface area contributed by atoms with Crippen molar-refractivity contribution in [2.75, 3.05) is 27.4 Å². The van der Waals surface area contributed by atoms with E-state index in [4.69, 9.17) is 18.9 Å². The van der Waals surface area contributed by atoms with Crippen LogP contribution in [-0.4, -0.2) is 39.4 Å². The summed E-state index contributed by atoms with van der Waals surface area (Å²) in [7, 11) is 3.03. The number of carbonyl (C=O) groups excluding carboxylic acids is 2. The van der Waals surface area contributed by atoms with E-state index in [9.17, 15) is 9.59 Å². The highest BCUT2D eigenvalue weighted by Crippen LogP contribution is 2.28. The summed E-state index contributed by atoms with van der Waals surface area (Å²) in [5, 5.41) is 0. The van der Waals surface area contributed by atoms with Gasteiger partial charge in [-0.15, -0.1) is 0 Å². The van der Waals surface area contributed by atoms with Gasteiger partial charge in [-0.1, -0.05) is 6.07 Å². The van der Waals surface area contributed by atoms with Crippen LogP contribution in [0.2, 0.25) is 0 Å². The van der Waals surface area contributed by atoms with Crippen molar-refractivity contribution >= 4 is 18.0 Å². The van der Waals surface area contributed by atoms with Gasteiger partial charge in [0.1, 0.15) is 5.57 Å². The average Bonchev–Trinajstić information content (AvgIpc) is 2.52. The Kier molecular flexibility index (Phi) is 6.95. The maximum Gasteiger partial charge on any atom is 0.345 e. The smallest absolute Gasteiger partial charge is 0.345 e. The number of benzene rings is 1. The second-order valence-corrected chi connectivity index (χ2v) is 4.11. The number of carbonyl (C=O) groups is 2. The maximum absolute atomic E-state index is 11.9. The SMILES string of the molecule is CCOC(=O)C(=Cc1ccc(OC)c(OC)c1)C(=O)OCC. The highest BCUT2D eigenvalue weighted by molar-refractivity contribution is 6.17. The molecule has 0 heterocycles. The number of hydrogen-bond donors (Lipinski definition) is 0. The zero-order chi connectivity index (χ0) is 16.5. The zero-order valence-electron chi connectivity index (χ0n) is 13.2. The van der Waals surface area contributed by atoms with Crippen molar-refractivity contribution in [2.24, 2.45) is 0 Å². The quantitative estimate of drug-likeness (QED) is 0.333. The van der Waals surface area contributed by atoms with Crippen molar-refractivity contribution in [2.45, 2.75) is 13.8 Å². The Bertz CT molecular complexity index is 542. The first-order valence-corrected chi connectivity index (χ1v) is 6.85. The Hall–Kier alpha value is -2.50. The van der Waals surface area contributed by atoms with Crippen LogP contribution in [0.25, 0.3) is 6.08 Å². The second kappa shape index (κ2) is 8.71. The van der Waals surface area contributed by atoms with E-state index >= 15 is 0 Å². The van der Waals surface area contributed by atoms with Crippen LogP contribution in [-0.2, 0) is 19.1 Å². The molecule has 120 valence electrons. The summed E-state index contributed by atoms with van der Waals surface area (Å²) in [5.41, 5.74) is 0.421. The monoisotopic (exact) mass is 308 g/mol. The molecule has 1 rings (SSSR count). The molecule has 1 aromatic carbocycles. The summed E-state index contributed by atoms with van der Waals surface area (Å²) in [4.78, 5) is 23.8. The number of hydrogen-bond acceptors (Lipinski definition) is 6. The average molecular weight is 308 g/mol. The molecule has 6 nitrogen and oxygen atoms in total. The maximum atomic E-state index is 11.9. The Morgan fingerprint density at radius 1 is 0.955 bits per heavy atom. The van der Waals surface area contributed by atoms with Gasteiger partial charge in [0.2, 0.25) is 0 Å². The van der Waals surface area contributed by atoms with Crippen molar-refractivity contribution in [3.63, 3.8) is 0 Å². The van der Waals surface area contributed by atoms with Crippen molar-refractivity contribution < 1.29 is 28.5 Å². The zero-order valence-corrected chi connectivity index (χ0v) is 13.2. The molecule has 0 saturated carbocycles. The fraction of sp³-hybridized carbons (Fsp3) is 0.375. The molecule has 0 fully saturated rings. The molecule has 0 bridgehead atoms. The predicted molar refractivity (Wildman–Crippen MR) is 80.8 cm³/mol. The summed E-state index contributed by atoms with van der Waals surface area (Å²) in [5.74, 6) is -0.414. The fourth-order valence-electron chi connectivity index (χ4n) is 1.73. The molecule has 0 amide bonds. The van der Waals surface area contributed by atoms with Crippen LogP contribution in [0.5, 0.6) is 11.5 Å². The van der Waals surface area contributed by atoms with E-state index in [-0.39, 0.29) is 18.8 Å². The minimum absolute atomic E-state index is 0.168. The Morgan fingerprint density at radius 2 is 1.50 bits per heavy atom. The van der Waals surface area contributed by atoms with E-state index in [1.54, 1.807) is 32.0 Å². The van der Waals surface area contributed by atoms with E-state index in [2.05, 4.69) is 0 Å². The standard InChI is InChI=1S/C16H20O6/c1-5-21-15(17)12(16(18)22-6-2)9-11-7-8-13(19-3)14(10-11)20-4/h7-10H,5-6H2,1-4H3. The fourth-order valence-corrected chi connectivity index (χ4v) is 1.73. The minimum Gasteiger partial charge on any atom is -0.493 e. The number of methoxy groups -OCH3 is 2. The van der Waals surface area contributed by atoms with Gasteiger partial charge in [-0.25, -0.2) is 9.59 Å². The van der Waals surface area contributed by atoms with E-state index in [0.717, 1.165) is 0 Å². The summed E-state index contributed by atoms with van der Waals surface area (Å²) in [6, 6.07) is 5.02. The van der Waals surface area contributed by atoms with Crippen molar-refractivity contribution in [3.05, 3.63) is 29.3 Å². The molecule has 0 saturated heterocycles. The lowest BCUT2D eigenvalue weighted by atomic mass is 10.1. The normalized spacial score (nSPS) is 9.64. The van der Waals surface area contributed by atoms with Gasteiger partial charge in [-0.2, -0.15) is 0 Å². The summed E-state index contributed by atoms with van der Waals surface area (Å²) >= 11 is 0. The van der Waals surface area contributed by atoms with Gasteiger partial charge in [0, 0.05) is 0 Å². The Balaban J connectivity index is 3.20. The van der Waals surface area contributed by atoms with Crippen LogP contribution >= 0.6 is 0 Å². The number of ether oxygens (including phenoxy) is 4. The molecule has 0 aliphatic carbocycles. The number of esters is 2. The molecule has 1 aromatic rings. The van der Waals surface area contributed by atoms with E-state index in [0.29, 0.717) is 17.1 Å². The molecular formula is C16H20O6. The van der Waals surface area contributed by atoms with Gasteiger partial charge < -0.3 is 18.9 Å². The summed E-state index contributed by atoms with van der Waals surface area (Å²) in [6.07, 6.45) is 1.40. The van der Waals surface area contributed by atoms with Crippen molar-refractivity contribution in [1.82, 2.24) is 0 Å². The lowest BCUT2D eigenvalue weighted by Crippen LogP contribution is -2.18. The van der Waals surface area contributed by atoms with Crippen LogP contribution < -0.4 is 9.47 Å². The summed E-state index contributed by atoms with van der Waals surface area (Å²) in [6.45, 7) is 3.66. The predicted octanol–water partition coefficient (Wildman–Crippen LogP) is 2.21. The minimum atomic E-state index is -0.726. The van der Waals surface area contributed by atoms with Gasteiger partial charge in [0.25, 0.3) is 0 Å². The van der Waals surface area contributed by atoms with Crippen LogP contribution in [0, 0.1) is 0 Å². The lowest BCUT2D eigenvalue weighted by molar-refractivity contribution is -0.146. The van der Waals surface area contributed by atoms with E-state index in [1.807, 2.05) is 0 Å². The lowest BCUT2D eigenvalue weighted by Gasteiger charge is -2.09. The molecule has 22 heavy (non-hydrogen) atoms. The molecule has 0 N–H and O–H groups in total. The van der Waals surface area contributed by atoms with Crippen LogP contribution in [0.1, 0.15) is 19.4 Å². The summed E-state index contributed by atoms with van der Waals surface area (Å²) < 4.78 is 20.1. The topological polar surface area (TPSA) is 71.1 Å². The van der Waals surface area contributed by atoms with E-state index in [1.165, 1.54) is 20.3 Å². The number of rotatable bonds is 7. The third-order valence-corrected chi connectivity index (χ3v) is 2.71. The molecule has 0 aliphatic rings. The van der Waals surface area contributed by atoms with Crippen LogP contribution in [0.4, 0.5) is 0 Å². The van der Waals surface area contributed by atoms with Gasteiger partial charge in [0.05, 0.1) is 27.4 Å². The van der Waals surface area contributed by atoms with Crippen molar-refractivity contribution in [1.29, 1.82) is 0 Å². The molecule has 0 radical (unpaired) electrons. The van der Waals surface area contributed by atoms with Crippen LogP contribution in [0.3, 0.4) is 0 Å². The van der Waals surface area contributed by atoms with Gasteiger partial charge in [-0.3, -0.25) is 0 Å². The molecule has 6 heteroatoms. The van der Waals surface area contributed by atoms with Gasteiger partial charge >= 0.3 is 11.9 Å². The second-order valence-electron chi connectivity index (χ2n) is 4.11. The van der Waals surface area contributed by atoms with Crippen molar-refractivity contribution in [3.8, 4) is 11.5 Å². The third kappa shape index (κ3) is 4.51. The van der Waals surface area contributed by atoms with Gasteiger partial charge in [0.15, 0.2) is 11.5 Å². The molecule has 0 aliphatic heterocycles. The molecule has 0 unspecified atom stereocenters. The molecule has 0 spiro atoms. The largest absolute Gasteiger partial charge is 0.493 e. The highest BCUT2D eigenvalue weighted by atomic mass is 16.6. The molecule has 0 atom stereocenters. The first kappa shape index (κ1) is 17.6. The first-order valence-electron chi connectivity index (χ1n) is 6.85. The molecule has 0 aromatic heterocycles. The van der Waals surface area contributed by atoms with Crippen LogP contribution in [0.15, 0.2) is 23.8 Å². The first-order chi connectivity index (χ1) is 10.6. The Morgan fingerprint density at radius 3 is 1.95 bits per heavy atom.